The Labute approximate surface area is 161 Å². The number of rotatable bonds is 4. The quantitative estimate of drug-likeness (QED) is 0.793. The summed E-state index contributed by atoms with van der Waals surface area (Å²) in [4.78, 5) is 12.8. The van der Waals surface area contributed by atoms with Crippen LogP contribution in [0.2, 0.25) is 5.02 Å². The van der Waals surface area contributed by atoms with Crippen molar-refractivity contribution in [3.63, 3.8) is 0 Å². The van der Waals surface area contributed by atoms with E-state index in [4.69, 9.17) is 16.3 Å². The predicted molar refractivity (Wildman–Crippen MR) is 104 cm³/mol. The average Bonchev–Trinajstić information content (AvgIpc) is 2.70. The van der Waals surface area contributed by atoms with Gasteiger partial charge < -0.3 is 10.1 Å². The lowest BCUT2D eigenvalue weighted by Gasteiger charge is -2.14. The molecule has 0 saturated carbocycles. The molecule has 1 amide bonds. The van der Waals surface area contributed by atoms with E-state index in [9.17, 15) is 13.2 Å². The van der Waals surface area contributed by atoms with Gasteiger partial charge in [0.25, 0.3) is 10.0 Å². The van der Waals surface area contributed by atoms with Crippen molar-refractivity contribution in [2.75, 3.05) is 17.1 Å². The number of sulfonamides is 1. The van der Waals surface area contributed by atoms with Gasteiger partial charge in [0.2, 0.25) is 5.91 Å². The fourth-order valence-corrected chi connectivity index (χ4v) is 4.87. The van der Waals surface area contributed by atoms with E-state index >= 15 is 0 Å². The molecule has 3 rings (SSSR count). The fraction of sp³-hybridized carbons (Fsp3) is 0.235. The molecule has 138 valence electrons. The molecule has 0 unspecified atom stereocenters. The number of hydrogen-bond acceptors (Lipinski definition) is 5. The van der Waals surface area contributed by atoms with Gasteiger partial charge in [0, 0.05) is 21.6 Å². The summed E-state index contributed by atoms with van der Waals surface area (Å²) in [7, 11) is -2.45. The fourth-order valence-electron chi connectivity index (χ4n) is 2.56. The van der Waals surface area contributed by atoms with Crippen LogP contribution in [-0.2, 0) is 14.8 Å². The molecule has 9 heteroatoms. The standard InChI is InChI=1S/C17H17ClN2O4S2/c1-10-7-17(21)19-14-9-12(4-6-16(14)25-10)26(22,23)20-13-8-11(18)3-5-15(13)24-2/h3-6,8-10,20H,7H2,1-2H3,(H,19,21)/t10-/m0/s1. The van der Waals surface area contributed by atoms with Gasteiger partial charge in [-0.3, -0.25) is 9.52 Å². The van der Waals surface area contributed by atoms with Crippen molar-refractivity contribution < 1.29 is 17.9 Å². The molecule has 1 aliphatic heterocycles. The summed E-state index contributed by atoms with van der Waals surface area (Å²) in [6, 6.07) is 9.32. The van der Waals surface area contributed by atoms with Gasteiger partial charge in [-0.1, -0.05) is 18.5 Å². The van der Waals surface area contributed by atoms with Crippen molar-refractivity contribution in [3.8, 4) is 5.75 Å². The number of amides is 1. The predicted octanol–water partition coefficient (Wildman–Crippen LogP) is 3.97. The third-order valence-corrected chi connectivity index (χ3v) is 6.52. The van der Waals surface area contributed by atoms with Crippen molar-refractivity contribution in [2.45, 2.75) is 28.4 Å². The SMILES string of the molecule is COc1ccc(Cl)cc1NS(=O)(=O)c1ccc2c(c1)NC(=O)C[C@H](C)S2. The van der Waals surface area contributed by atoms with Crippen LogP contribution >= 0.6 is 23.4 Å². The summed E-state index contributed by atoms with van der Waals surface area (Å²) >= 11 is 7.48. The first kappa shape index (κ1) is 18.9. The Morgan fingerprint density at radius 3 is 2.77 bits per heavy atom. The number of hydrogen-bond donors (Lipinski definition) is 2. The molecule has 26 heavy (non-hydrogen) atoms. The number of anilines is 2. The van der Waals surface area contributed by atoms with Gasteiger partial charge in [0.05, 0.1) is 23.4 Å². The van der Waals surface area contributed by atoms with E-state index in [-0.39, 0.29) is 21.7 Å². The van der Waals surface area contributed by atoms with Gasteiger partial charge in [-0.05, 0) is 36.4 Å². The first-order valence-electron chi connectivity index (χ1n) is 7.75. The van der Waals surface area contributed by atoms with Crippen molar-refractivity contribution in [2.24, 2.45) is 0 Å². The van der Waals surface area contributed by atoms with Crippen LogP contribution in [0.15, 0.2) is 46.2 Å². The van der Waals surface area contributed by atoms with Gasteiger partial charge in [-0.15, -0.1) is 11.8 Å². The highest BCUT2D eigenvalue weighted by molar-refractivity contribution is 8.00. The number of thioether (sulfide) groups is 1. The zero-order valence-corrected chi connectivity index (χ0v) is 16.5. The Kier molecular flexibility index (Phi) is 5.36. The van der Waals surface area contributed by atoms with Crippen molar-refractivity contribution in [1.82, 2.24) is 0 Å². The first-order chi connectivity index (χ1) is 12.3. The van der Waals surface area contributed by atoms with E-state index in [0.29, 0.717) is 22.9 Å². The zero-order valence-electron chi connectivity index (χ0n) is 14.1. The molecule has 0 fully saturated rings. The lowest BCUT2D eigenvalue weighted by Crippen LogP contribution is -2.15. The Morgan fingerprint density at radius 2 is 2.04 bits per heavy atom. The van der Waals surface area contributed by atoms with E-state index in [2.05, 4.69) is 10.0 Å². The Balaban J connectivity index is 1.96. The maximum atomic E-state index is 12.8. The van der Waals surface area contributed by atoms with Gasteiger partial charge in [-0.25, -0.2) is 8.42 Å². The van der Waals surface area contributed by atoms with Gasteiger partial charge in [-0.2, -0.15) is 0 Å². The number of ether oxygens (including phenoxy) is 1. The molecule has 0 saturated heterocycles. The van der Waals surface area contributed by atoms with E-state index in [1.54, 1.807) is 18.2 Å². The van der Waals surface area contributed by atoms with E-state index in [0.717, 1.165) is 4.90 Å². The van der Waals surface area contributed by atoms with Crippen LogP contribution in [0.3, 0.4) is 0 Å². The minimum atomic E-state index is -3.89. The second-order valence-electron chi connectivity index (χ2n) is 5.79. The zero-order chi connectivity index (χ0) is 18.9. The number of carbonyl (C=O) groups excluding carboxylic acids is 1. The van der Waals surface area contributed by atoms with Crippen molar-refractivity contribution in [1.29, 1.82) is 0 Å². The molecule has 1 atom stereocenters. The molecule has 2 aromatic rings. The smallest absolute Gasteiger partial charge is 0.262 e. The molecule has 0 radical (unpaired) electrons. The lowest BCUT2D eigenvalue weighted by atomic mass is 10.3. The number of fused-ring (bicyclic) bond motifs is 1. The number of benzene rings is 2. The van der Waals surface area contributed by atoms with E-state index in [1.807, 2.05) is 6.92 Å². The Morgan fingerprint density at radius 1 is 1.27 bits per heavy atom. The van der Waals surface area contributed by atoms with Crippen LogP contribution in [0.1, 0.15) is 13.3 Å². The van der Waals surface area contributed by atoms with Crippen LogP contribution in [-0.4, -0.2) is 26.7 Å². The molecule has 0 aliphatic carbocycles. The van der Waals surface area contributed by atoms with Crippen LogP contribution in [0, 0.1) is 0 Å². The summed E-state index contributed by atoms with van der Waals surface area (Å²) in [6.07, 6.45) is 0.374. The lowest BCUT2D eigenvalue weighted by molar-refractivity contribution is -0.116. The number of carbonyl (C=O) groups is 1. The van der Waals surface area contributed by atoms with Crippen molar-refractivity contribution >= 4 is 50.7 Å². The Hall–Kier alpha value is -1.90. The highest BCUT2D eigenvalue weighted by atomic mass is 35.5. The second kappa shape index (κ2) is 7.38. The number of methoxy groups -OCH3 is 1. The van der Waals surface area contributed by atoms with Crippen molar-refractivity contribution in [3.05, 3.63) is 41.4 Å². The summed E-state index contributed by atoms with van der Waals surface area (Å²) < 4.78 is 33.2. The van der Waals surface area contributed by atoms with Gasteiger partial charge in [0.15, 0.2) is 0 Å². The first-order valence-corrected chi connectivity index (χ1v) is 10.5. The van der Waals surface area contributed by atoms with E-state index in [1.165, 1.54) is 37.1 Å². The maximum Gasteiger partial charge on any atom is 0.262 e. The molecule has 0 spiro atoms. The molecule has 1 heterocycles. The molecule has 2 aromatic carbocycles. The largest absolute Gasteiger partial charge is 0.495 e. The normalized spacial score (nSPS) is 17.0. The molecular weight excluding hydrogens is 396 g/mol. The molecule has 6 nitrogen and oxygen atoms in total. The van der Waals surface area contributed by atoms with Crippen LogP contribution in [0.5, 0.6) is 5.75 Å². The van der Waals surface area contributed by atoms with E-state index < -0.39 is 10.0 Å². The van der Waals surface area contributed by atoms with Crippen LogP contribution < -0.4 is 14.8 Å². The highest BCUT2D eigenvalue weighted by Crippen LogP contribution is 2.37. The molecule has 1 aliphatic rings. The second-order valence-corrected chi connectivity index (χ2v) is 9.39. The van der Waals surface area contributed by atoms with Crippen LogP contribution in [0.4, 0.5) is 11.4 Å². The van der Waals surface area contributed by atoms with Crippen LogP contribution in [0.25, 0.3) is 0 Å². The monoisotopic (exact) mass is 412 g/mol. The summed E-state index contributed by atoms with van der Waals surface area (Å²) in [5, 5.41) is 3.26. The topological polar surface area (TPSA) is 84.5 Å². The number of nitrogens with one attached hydrogen (secondary N) is 2. The third-order valence-electron chi connectivity index (χ3n) is 3.74. The molecular formula is C17H17ClN2O4S2. The molecule has 0 aromatic heterocycles. The summed E-state index contributed by atoms with van der Waals surface area (Å²) in [6.45, 7) is 1.96. The Bertz CT molecular complexity index is 963. The molecule has 2 N–H and O–H groups in total. The van der Waals surface area contributed by atoms with Gasteiger partial charge in [0.1, 0.15) is 5.75 Å². The minimum absolute atomic E-state index is 0.0359. The number of halogens is 1. The average molecular weight is 413 g/mol. The minimum Gasteiger partial charge on any atom is -0.495 e. The van der Waals surface area contributed by atoms with Gasteiger partial charge >= 0.3 is 0 Å². The summed E-state index contributed by atoms with van der Waals surface area (Å²) in [5.41, 5.74) is 0.729. The highest BCUT2D eigenvalue weighted by Gasteiger charge is 2.23. The third kappa shape index (κ3) is 4.08. The summed E-state index contributed by atoms with van der Waals surface area (Å²) in [5.74, 6) is 0.216. The maximum absolute atomic E-state index is 12.8. The molecule has 0 bridgehead atoms.